The van der Waals surface area contributed by atoms with E-state index in [0.717, 1.165) is 10.5 Å². The van der Waals surface area contributed by atoms with Crippen molar-refractivity contribution in [3.05, 3.63) is 93.5 Å². The van der Waals surface area contributed by atoms with Gasteiger partial charge >= 0.3 is 6.03 Å². The molecule has 1 N–H and O–H groups in total. The SMILES string of the molecule is C#CCOc1ccc(/C=C2\C(=O)NC(=O)N(c3ccc(OCc4ccc(C)cc4)cc3)C2=O)cc1Br. The largest absolute Gasteiger partial charge is 0.489 e. The smallest absolute Gasteiger partial charge is 0.335 e. The van der Waals surface area contributed by atoms with Crippen molar-refractivity contribution >= 4 is 45.5 Å². The molecule has 7 nitrogen and oxygen atoms in total. The van der Waals surface area contributed by atoms with Crippen LogP contribution in [0.5, 0.6) is 11.5 Å². The van der Waals surface area contributed by atoms with Gasteiger partial charge in [-0.25, -0.2) is 9.69 Å². The molecule has 1 aliphatic rings. The van der Waals surface area contributed by atoms with Crippen molar-refractivity contribution in [1.82, 2.24) is 5.32 Å². The molecule has 0 atom stereocenters. The van der Waals surface area contributed by atoms with Crippen LogP contribution in [0.25, 0.3) is 6.08 Å². The zero-order valence-corrected chi connectivity index (χ0v) is 20.9. The molecule has 0 saturated carbocycles. The lowest BCUT2D eigenvalue weighted by atomic mass is 10.1. The number of rotatable bonds is 7. The average Bonchev–Trinajstić information content (AvgIpc) is 2.86. The summed E-state index contributed by atoms with van der Waals surface area (Å²) < 4.78 is 11.8. The van der Waals surface area contributed by atoms with Crippen LogP contribution in [0.1, 0.15) is 16.7 Å². The van der Waals surface area contributed by atoms with E-state index in [1.54, 1.807) is 42.5 Å². The Labute approximate surface area is 216 Å². The highest BCUT2D eigenvalue weighted by Crippen LogP contribution is 2.29. The first kappa shape index (κ1) is 24.8. The molecule has 0 spiro atoms. The van der Waals surface area contributed by atoms with E-state index >= 15 is 0 Å². The molecular formula is C28H21BrN2O5. The topological polar surface area (TPSA) is 84.9 Å². The van der Waals surface area contributed by atoms with Crippen LogP contribution < -0.4 is 19.7 Å². The van der Waals surface area contributed by atoms with E-state index in [1.165, 1.54) is 11.6 Å². The standard InChI is InChI=1S/C28H21BrN2O5/c1-3-14-35-25-13-8-20(16-24(25)29)15-23-26(32)30-28(34)31(27(23)33)21-9-11-22(12-10-21)36-17-19-6-4-18(2)5-7-19/h1,4-13,15-16H,14,17H2,2H3,(H,30,32,34)/b23-15+. The number of amides is 4. The predicted octanol–water partition coefficient (Wildman–Crippen LogP) is 5.01. The van der Waals surface area contributed by atoms with E-state index in [4.69, 9.17) is 15.9 Å². The van der Waals surface area contributed by atoms with Crippen LogP contribution in [0.15, 0.2) is 76.8 Å². The highest BCUT2D eigenvalue weighted by atomic mass is 79.9. The van der Waals surface area contributed by atoms with Gasteiger partial charge in [-0.15, -0.1) is 6.42 Å². The Morgan fingerprint density at radius 1 is 1.00 bits per heavy atom. The van der Waals surface area contributed by atoms with Crippen LogP contribution in [0.2, 0.25) is 0 Å². The van der Waals surface area contributed by atoms with Gasteiger partial charge in [0.15, 0.2) is 0 Å². The summed E-state index contributed by atoms with van der Waals surface area (Å²) >= 11 is 3.38. The van der Waals surface area contributed by atoms with Crippen molar-refractivity contribution in [1.29, 1.82) is 0 Å². The lowest BCUT2D eigenvalue weighted by Gasteiger charge is -2.26. The molecule has 180 valence electrons. The first-order valence-electron chi connectivity index (χ1n) is 10.9. The van der Waals surface area contributed by atoms with Crippen molar-refractivity contribution in [3.63, 3.8) is 0 Å². The second kappa shape index (κ2) is 10.9. The van der Waals surface area contributed by atoms with Gasteiger partial charge in [0.1, 0.15) is 30.3 Å². The number of nitrogens with zero attached hydrogens (tertiary/aromatic N) is 1. The number of terminal acetylenes is 1. The van der Waals surface area contributed by atoms with Crippen LogP contribution in [0, 0.1) is 19.3 Å². The van der Waals surface area contributed by atoms with Crippen LogP contribution in [0.3, 0.4) is 0 Å². The number of urea groups is 1. The third-order valence-corrected chi connectivity index (χ3v) is 5.92. The molecular weight excluding hydrogens is 524 g/mol. The van der Waals surface area contributed by atoms with Gasteiger partial charge in [0.2, 0.25) is 0 Å². The first-order valence-corrected chi connectivity index (χ1v) is 11.7. The number of carbonyl (C=O) groups excluding carboxylic acids is 3. The number of halogens is 1. The van der Waals surface area contributed by atoms with E-state index in [0.29, 0.717) is 33.8 Å². The number of hydrogen-bond donors (Lipinski definition) is 1. The van der Waals surface area contributed by atoms with Gasteiger partial charge in [0.05, 0.1) is 10.2 Å². The maximum Gasteiger partial charge on any atom is 0.335 e. The Morgan fingerprint density at radius 2 is 1.72 bits per heavy atom. The first-order chi connectivity index (χ1) is 17.4. The molecule has 8 heteroatoms. The van der Waals surface area contributed by atoms with Gasteiger partial charge in [-0.1, -0.05) is 41.8 Å². The fraction of sp³-hybridized carbons (Fsp3) is 0.107. The summed E-state index contributed by atoms with van der Waals surface area (Å²) in [7, 11) is 0. The monoisotopic (exact) mass is 544 g/mol. The Hall–Kier alpha value is -4.35. The van der Waals surface area contributed by atoms with Gasteiger partial charge < -0.3 is 9.47 Å². The second-order valence-corrected chi connectivity index (χ2v) is 8.76. The molecule has 0 unspecified atom stereocenters. The molecule has 4 rings (SSSR count). The van der Waals surface area contributed by atoms with E-state index in [-0.39, 0.29) is 12.2 Å². The third-order valence-electron chi connectivity index (χ3n) is 5.30. The van der Waals surface area contributed by atoms with Gasteiger partial charge in [-0.05, 0) is 76.5 Å². The van der Waals surface area contributed by atoms with Crippen molar-refractivity contribution in [3.8, 4) is 23.8 Å². The van der Waals surface area contributed by atoms with Crippen molar-refractivity contribution in [2.75, 3.05) is 11.5 Å². The summed E-state index contributed by atoms with van der Waals surface area (Å²) in [5, 5.41) is 2.22. The number of barbiturate groups is 1. The number of benzene rings is 3. The van der Waals surface area contributed by atoms with Crippen LogP contribution in [-0.4, -0.2) is 24.5 Å². The molecule has 0 aliphatic carbocycles. The Morgan fingerprint density at radius 3 is 2.39 bits per heavy atom. The third kappa shape index (κ3) is 5.65. The lowest BCUT2D eigenvalue weighted by molar-refractivity contribution is -0.122. The quantitative estimate of drug-likeness (QED) is 0.256. The van der Waals surface area contributed by atoms with E-state index in [2.05, 4.69) is 27.2 Å². The van der Waals surface area contributed by atoms with Crippen molar-refractivity contribution < 1.29 is 23.9 Å². The number of imide groups is 2. The summed E-state index contributed by atoms with van der Waals surface area (Å²) in [4.78, 5) is 39.0. The molecule has 1 saturated heterocycles. The molecule has 36 heavy (non-hydrogen) atoms. The van der Waals surface area contributed by atoms with Crippen LogP contribution in [0.4, 0.5) is 10.5 Å². The van der Waals surface area contributed by atoms with Crippen molar-refractivity contribution in [2.24, 2.45) is 0 Å². The normalized spacial score (nSPS) is 14.4. The maximum absolute atomic E-state index is 13.2. The van der Waals surface area contributed by atoms with Crippen LogP contribution >= 0.6 is 15.9 Å². The maximum atomic E-state index is 13.2. The Bertz CT molecular complexity index is 1390. The number of ether oxygens (including phenoxy) is 2. The molecule has 1 fully saturated rings. The summed E-state index contributed by atoms with van der Waals surface area (Å²) in [5.41, 5.74) is 2.86. The minimum atomic E-state index is -0.824. The van der Waals surface area contributed by atoms with Crippen LogP contribution in [-0.2, 0) is 16.2 Å². The van der Waals surface area contributed by atoms with Gasteiger partial charge in [-0.3, -0.25) is 14.9 Å². The number of hydrogen-bond acceptors (Lipinski definition) is 5. The molecule has 4 amide bonds. The molecule has 0 aromatic heterocycles. The minimum Gasteiger partial charge on any atom is -0.489 e. The van der Waals surface area contributed by atoms with Gasteiger partial charge in [0, 0.05) is 0 Å². The number of carbonyl (C=O) groups is 3. The fourth-order valence-corrected chi connectivity index (χ4v) is 3.96. The highest BCUT2D eigenvalue weighted by Gasteiger charge is 2.36. The molecule has 1 heterocycles. The Balaban J connectivity index is 1.51. The zero-order valence-electron chi connectivity index (χ0n) is 19.3. The summed E-state index contributed by atoms with van der Waals surface area (Å²) in [5.74, 6) is 1.97. The number of nitrogens with one attached hydrogen (secondary N) is 1. The molecule has 3 aromatic carbocycles. The second-order valence-electron chi connectivity index (χ2n) is 7.91. The molecule has 3 aromatic rings. The highest BCUT2D eigenvalue weighted by molar-refractivity contribution is 9.10. The van der Waals surface area contributed by atoms with Gasteiger partial charge in [0.25, 0.3) is 11.8 Å². The average molecular weight is 545 g/mol. The van der Waals surface area contributed by atoms with E-state index in [1.807, 2.05) is 31.2 Å². The van der Waals surface area contributed by atoms with Gasteiger partial charge in [-0.2, -0.15) is 0 Å². The minimum absolute atomic E-state index is 0.104. The summed E-state index contributed by atoms with van der Waals surface area (Å²) in [6.07, 6.45) is 6.62. The van der Waals surface area contributed by atoms with E-state index < -0.39 is 17.8 Å². The lowest BCUT2D eigenvalue weighted by Crippen LogP contribution is -2.54. The fourth-order valence-electron chi connectivity index (χ4n) is 3.44. The number of anilines is 1. The summed E-state index contributed by atoms with van der Waals surface area (Å²) in [6.45, 7) is 2.50. The molecule has 1 aliphatic heterocycles. The van der Waals surface area contributed by atoms with Crippen molar-refractivity contribution in [2.45, 2.75) is 13.5 Å². The molecule has 0 bridgehead atoms. The number of aryl methyl sites for hydroxylation is 1. The van der Waals surface area contributed by atoms with E-state index in [9.17, 15) is 14.4 Å². The zero-order chi connectivity index (χ0) is 25.7. The molecule has 0 radical (unpaired) electrons. The summed E-state index contributed by atoms with van der Waals surface area (Å²) in [6, 6.07) is 18.7. The predicted molar refractivity (Wildman–Crippen MR) is 139 cm³/mol. The Kier molecular flexibility index (Phi) is 7.52.